The minimum absolute atomic E-state index is 0.107. The summed E-state index contributed by atoms with van der Waals surface area (Å²) in [6, 6.07) is 23.2. The molecule has 156 valence electrons. The zero-order valence-corrected chi connectivity index (χ0v) is 18.5. The van der Waals surface area contributed by atoms with E-state index in [2.05, 4.69) is 5.32 Å². The van der Waals surface area contributed by atoms with Crippen molar-refractivity contribution in [3.05, 3.63) is 90.0 Å². The molecule has 1 N–H and O–H groups in total. The Morgan fingerprint density at radius 3 is 2.33 bits per heavy atom. The number of carbonyl (C=O) groups is 1. The van der Waals surface area contributed by atoms with Gasteiger partial charge in [0, 0.05) is 17.1 Å². The molecule has 3 rings (SSSR count). The Labute approximate surface area is 182 Å². The number of amides is 1. The third-order valence-corrected chi connectivity index (χ3v) is 7.07. The second-order valence-corrected chi connectivity index (χ2v) is 9.67. The highest BCUT2D eigenvalue weighted by atomic mass is 32.2. The van der Waals surface area contributed by atoms with Crippen LogP contribution < -0.4 is 5.32 Å². The van der Waals surface area contributed by atoms with Crippen LogP contribution in [0.2, 0.25) is 0 Å². The van der Waals surface area contributed by atoms with Crippen LogP contribution in [-0.4, -0.2) is 31.4 Å². The summed E-state index contributed by atoms with van der Waals surface area (Å²) in [7, 11) is -3.84. The summed E-state index contributed by atoms with van der Waals surface area (Å²) in [4.78, 5) is 13.9. The fourth-order valence-electron chi connectivity index (χ4n) is 2.93. The average Bonchev–Trinajstić information content (AvgIpc) is 2.75. The summed E-state index contributed by atoms with van der Waals surface area (Å²) < 4.78 is 27.7. The van der Waals surface area contributed by atoms with Crippen LogP contribution in [0.15, 0.2) is 88.7 Å². The lowest BCUT2D eigenvalue weighted by Gasteiger charge is -2.22. The molecule has 0 radical (unpaired) electrons. The second-order valence-electron chi connectivity index (χ2n) is 6.85. The number of carbonyl (C=O) groups excluding carboxylic acids is 1. The van der Waals surface area contributed by atoms with Crippen LogP contribution in [0.25, 0.3) is 0 Å². The van der Waals surface area contributed by atoms with E-state index in [0.717, 1.165) is 16.0 Å². The van der Waals surface area contributed by atoms with Crippen LogP contribution in [0.4, 0.5) is 5.69 Å². The molecule has 30 heavy (non-hydrogen) atoms. The summed E-state index contributed by atoms with van der Waals surface area (Å²) in [6.45, 7) is 1.79. The van der Waals surface area contributed by atoms with Gasteiger partial charge in [-0.3, -0.25) is 4.79 Å². The highest BCUT2D eigenvalue weighted by Crippen LogP contribution is 2.21. The van der Waals surface area contributed by atoms with Crippen LogP contribution in [0.5, 0.6) is 0 Å². The highest BCUT2D eigenvalue weighted by molar-refractivity contribution is 7.98. The Hall–Kier alpha value is -2.61. The van der Waals surface area contributed by atoms with Crippen molar-refractivity contribution in [1.29, 1.82) is 0 Å². The molecule has 5 nitrogen and oxygen atoms in total. The molecule has 1 amide bonds. The first-order valence-corrected chi connectivity index (χ1v) is 12.1. The second kappa shape index (κ2) is 9.93. The fraction of sp³-hybridized carbons (Fsp3) is 0.174. The Morgan fingerprint density at radius 1 is 0.967 bits per heavy atom. The first kappa shape index (κ1) is 22.1. The van der Waals surface area contributed by atoms with Gasteiger partial charge >= 0.3 is 0 Å². The van der Waals surface area contributed by atoms with Crippen molar-refractivity contribution < 1.29 is 13.2 Å². The Balaban J connectivity index is 1.84. The normalized spacial score (nSPS) is 11.4. The fourth-order valence-corrected chi connectivity index (χ4v) is 4.79. The lowest BCUT2D eigenvalue weighted by Crippen LogP contribution is -2.37. The molecule has 0 aliphatic rings. The standard InChI is InChI=1S/C23H24N2O3S2/c1-18-11-13-19(14-12-18)16-25(30(27,28)22-9-4-3-5-10-22)17-23(26)24-20-7-6-8-21(15-20)29-2/h3-15H,16-17H2,1-2H3,(H,24,26). The van der Waals surface area contributed by atoms with Gasteiger partial charge in [-0.2, -0.15) is 4.31 Å². The summed E-state index contributed by atoms with van der Waals surface area (Å²) in [5, 5.41) is 2.81. The van der Waals surface area contributed by atoms with Crippen molar-refractivity contribution in [2.45, 2.75) is 23.3 Å². The van der Waals surface area contributed by atoms with Crippen molar-refractivity contribution in [1.82, 2.24) is 4.31 Å². The third kappa shape index (κ3) is 5.72. The Morgan fingerprint density at radius 2 is 1.67 bits per heavy atom. The van der Waals surface area contributed by atoms with Gasteiger partial charge in [0.05, 0.1) is 11.4 Å². The van der Waals surface area contributed by atoms with Crippen LogP contribution in [0.3, 0.4) is 0 Å². The topological polar surface area (TPSA) is 66.5 Å². The number of rotatable bonds is 8. The monoisotopic (exact) mass is 440 g/mol. The van der Waals surface area contributed by atoms with Gasteiger partial charge in [-0.15, -0.1) is 11.8 Å². The maximum absolute atomic E-state index is 13.2. The molecule has 0 bridgehead atoms. The SMILES string of the molecule is CSc1cccc(NC(=O)CN(Cc2ccc(C)cc2)S(=O)(=O)c2ccccc2)c1. The number of nitrogens with one attached hydrogen (secondary N) is 1. The third-order valence-electron chi connectivity index (χ3n) is 4.53. The molecule has 0 spiro atoms. The molecule has 0 fully saturated rings. The molecule has 0 unspecified atom stereocenters. The van der Waals surface area contributed by atoms with Crippen molar-refractivity contribution >= 4 is 33.4 Å². The summed E-state index contributed by atoms with van der Waals surface area (Å²) >= 11 is 1.57. The van der Waals surface area contributed by atoms with E-state index in [1.165, 1.54) is 16.4 Å². The number of thioether (sulfide) groups is 1. The Bertz CT molecular complexity index is 1100. The van der Waals surface area contributed by atoms with Crippen molar-refractivity contribution in [2.24, 2.45) is 0 Å². The molecule has 0 heterocycles. The maximum atomic E-state index is 13.2. The van der Waals surface area contributed by atoms with E-state index in [1.807, 2.05) is 55.6 Å². The lowest BCUT2D eigenvalue weighted by molar-refractivity contribution is -0.116. The van der Waals surface area contributed by atoms with Gasteiger partial charge in [-0.25, -0.2) is 8.42 Å². The summed E-state index contributed by atoms with van der Waals surface area (Å²) in [5.74, 6) is -0.389. The van der Waals surface area contributed by atoms with Gasteiger partial charge in [-0.05, 0) is 49.1 Å². The van der Waals surface area contributed by atoms with Crippen LogP contribution in [-0.2, 0) is 21.4 Å². The smallest absolute Gasteiger partial charge is 0.243 e. The molecule has 3 aromatic rings. The predicted octanol–water partition coefficient (Wildman–Crippen LogP) is 4.55. The first-order valence-electron chi connectivity index (χ1n) is 9.43. The van der Waals surface area contributed by atoms with E-state index < -0.39 is 10.0 Å². The van der Waals surface area contributed by atoms with Gasteiger partial charge in [0.2, 0.25) is 15.9 Å². The van der Waals surface area contributed by atoms with Gasteiger partial charge < -0.3 is 5.32 Å². The molecule has 0 aromatic heterocycles. The van der Waals surface area contributed by atoms with Crippen LogP contribution >= 0.6 is 11.8 Å². The number of hydrogen-bond donors (Lipinski definition) is 1. The lowest BCUT2D eigenvalue weighted by atomic mass is 10.1. The largest absolute Gasteiger partial charge is 0.325 e. The first-order chi connectivity index (χ1) is 14.4. The molecule has 0 aliphatic carbocycles. The highest BCUT2D eigenvalue weighted by Gasteiger charge is 2.26. The van der Waals surface area contributed by atoms with Crippen LogP contribution in [0, 0.1) is 6.92 Å². The molecule has 3 aromatic carbocycles. The predicted molar refractivity (Wildman–Crippen MR) is 122 cm³/mol. The van der Waals surface area contributed by atoms with Crippen molar-refractivity contribution in [3.63, 3.8) is 0 Å². The molecule has 0 saturated carbocycles. The van der Waals surface area contributed by atoms with E-state index >= 15 is 0 Å². The zero-order valence-electron chi connectivity index (χ0n) is 16.9. The van der Waals surface area contributed by atoms with E-state index in [9.17, 15) is 13.2 Å². The molecule has 0 atom stereocenters. The van der Waals surface area contributed by atoms with Crippen LogP contribution in [0.1, 0.15) is 11.1 Å². The minimum atomic E-state index is -3.84. The molecular formula is C23H24N2O3S2. The Kier molecular flexibility index (Phi) is 7.31. The number of benzene rings is 3. The summed E-state index contributed by atoms with van der Waals surface area (Å²) in [6.07, 6.45) is 1.96. The zero-order chi connectivity index (χ0) is 21.6. The van der Waals surface area contributed by atoms with E-state index in [0.29, 0.717) is 5.69 Å². The van der Waals surface area contributed by atoms with Crippen molar-refractivity contribution in [2.75, 3.05) is 18.1 Å². The van der Waals surface area contributed by atoms with E-state index in [4.69, 9.17) is 0 Å². The number of hydrogen-bond acceptors (Lipinski definition) is 4. The number of anilines is 1. The quantitative estimate of drug-likeness (QED) is 0.522. The molecule has 7 heteroatoms. The van der Waals surface area contributed by atoms with Crippen molar-refractivity contribution in [3.8, 4) is 0 Å². The number of sulfonamides is 1. The van der Waals surface area contributed by atoms with Gasteiger partial charge in [0.25, 0.3) is 0 Å². The van der Waals surface area contributed by atoms with Gasteiger partial charge in [-0.1, -0.05) is 54.1 Å². The molecule has 0 aliphatic heterocycles. The summed E-state index contributed by atoms with van der Waals surface area (Å²) in [5.41, 5.74) is 2.54. The van der Waals surface area contributed by atoms with Gasteiger partial charge in [0.1, 0.15) is 0 Å². The molecule has 0 saturated heterocycles. The number of nitrogens with zero attached hydrogens (tertiary/aromatic N) is 1. The van der Waals surface area contributed by atoms with E-state index in [-0.39, 0.29) is 23.9 Å². The molecular weight excluding hydrogens is 416 g/mol. The van der Waals surface area contributed by atoms with Gasteiger partial charge in [0.15, 0.2) is 0 Å². The maximum Gasteiger partial charge on any atom is 0.243 e. The number of aryl methyl sites for hydroxylation is 1. The van der Waals surface area contributed by atoms with E-state index in [1.54, 1.807) is 36.0 Å². The average molecular weight is 441 g/mol. The minimum Gasteiger partial charge on any atom is -0.325 e.